The quantitative estimate of drug-likeness (QED) is 0.199. The fourth-order valence-electron chi connectivity index (χ4n) is 6.78. The van der Waals surface area contributed by atoms with E-state index in [0.29, 0.717) is 5.89 Å². The van der Waals surface area contributed by atoms with E-state index in [4.69, 9.17) is 13.8 Å². The van der Waals surface area contributed by atoms with Gasteiger partial charge in [0.2, 0.25) is 5.89 Å². The molecule has 216 valence electrons. The van der Waals surface area contributed by atoms with Gasteiger partial charge in [0.1, 0.15) is 16.7 Å². The molecule has 0 aliphatic rings. The molecule has 0 atom stereocenters. The molecular formula is C41H24N2O2S. The molecule has 0 aliphatic carbocycles. The van der Waals surface area contributed by atoms with Crippen LogP contribution in [0, 0.1) is 0 Å². The summed E-state index contributed by atoms with van der Waals surface area (Å²) in [4.78, 5) is 7.12. The van der Waals surface area contributed by atoms with E-state index in [1.165, 1.54) is 25.6 Å². The largest absolute Gasteiger partial charge is 0.455 e. The number of furan rings is 1. The monoisotopic (exact) mass is 608 g/mol. The number of aromatic nitrogens is 1. The van der Waals surface area contributed by atoms with Crippen molar-refractivity contribution >= 4 is 92.4 Å². The fraction of sp³-hybridized carbons (Fsp3) is 0. The van der Waals surface area contributed by atoms with Gasteiger partial charge in [-0.25, -0.2) is 4.98 Å². The molecule has 10 aromatic rings. The van der Waals surface area contributed by atoms with Crippen molar-refractivity contribution in [1.29, 1.82) is 0 Å². The van der Waals surface area contributed by atoms with Crippen LogP contribution in [0.25, 0.3) is 75.4 Å². The molecule has 0 saturated heterocycles. The maximum absolute atomic E-state index is 6.58. The minimum Gasteiger partial charge on any atom is -0.455 e. The molecular weight excluding hydrogens is 585 g/mol. The van der Waals surface area contributed by atoms with Crippen LogP contribution in [0.2, 0.25) is 0 Å². The Kier molecular flexibility index (Phi) is 5.41. The van der Waals surface area contributed by atoms with Crippen LogP contribution in [0.4, 0.5) is 17.1 Å². The molecule has 0 spiro atoms. The molecule has 0 saturated carbocycles. The Morgan fingerprint density at radius 2 is 1.28 bits per heavy atom. The Hall–Kier alpha value is -5.91. The summed E-state index contributed by atoms with van der Waals surface area (Å²) in [6, 6.07) is 50.8. The molecule has 4 nitrogen and oxygen atoms in total. The molecule has 7 aromatic carbocycles. The zero-order chi connectivity index (χ0) is 30.2. The molecule has 46 heavy (non-hydrogen) atoms. The van der Waals surface area contributed by atoms with E-state index in [-0.39, 0.29) is 0 Å². The maximum Gasteiger partial charge on any atom is 0.227 e. The lowest BCUT2D eigenvalue weighted by atomic mass is 10.0. The second-order valence-corrected chi connectivity index (χ2v) is 12.6. The smallest absolute Gasteiger partial charge is 0.227 e. The zero-order valence-electron chi connectivity index (χ0n) is 24.5. The molecule has 5 heteroatoms. The molecule has 0 unspecified atom stereocenters. The van der Waals surface area contributed by atoms with Gasteiger partial charge >= 0.3 is 0 Å². The van der Waals surface area contributed by atoms with Gasteiger partial charge in [-0.2, -0.15) is 0 Å². The van der Waals surface area contributed by atoms with Crippen molar-refractivity contribution in [3.05, 3.63) is 146 Å². The van der Waals surface area contributed by atoms with Crippen LogP contribution >= 0.6 is 11.3 Å². The first-order valence-corrected chi connectivity index (χ1v) is 16.1. The first-order chi connectivity index (χ1) is 22.8. The number of nitrogens with zero attached hydrogens (tertiary/aromatic N) is 2. The third-order valence-electron chi connectivity index (χ3n) is 8.88. The summed E-state index contributed by atoms with van der Waals surface area (Å²) in [5.41, 5.74) is 7.67. The number of fused-ring (bicyclic) bond motifs is 9. The minimum atomic E-state index is 0.647. The predicted octanol–water partition coefficient (Wildman–Crippen LogP) is 12.4. The van der Waals surface area contributed by atoms with Gasteiger partial charge in [-0.05, 0) is 72.1 Å². The summed E-state index contributed by atoms with van der Waals surface area (Å²) in [5, 5.41) is 6.91. The molecule has 0 aliphatic heterocycles. The van der Waals surface area contributed by atoms with Crippen LogP contribution in [0.5, 0.6) is 0 Å². The number of hydrogen-bond donors (Lipinski definition) is 0. The van der Waals surface area contributed by atoms with E-state index >= 15 is 0 Å². The van der Waals surface area contributed by atoms with Crippen LogP contribution in [-0.2, 0) is 0 Å². The van der Waals surface area contributed by atoms with Gasteiger partial charge in [0, 0.05) is 65.0 Å². The summed E-state index contributed by atoms with van der Waals surface area (Å²) in [5.74, 6) is 0.647. The number of hydrogen-bond acceptors (Lipinski definition) is 5. The zero-order valence-corrected chi connectivity index (χ0v) is 25.3. The summed E-state index contributed by atoms with van der Waals surface area (Å²) in [7, 11) is 0. The number of rotatable bonds is 4. The molecule has 0 N–H and O–H groups in total. The molecule has 0 radical (unpaired) electrons. The van der Waals surface area contributed by atoms with Gasteiger partial charge in [-0.15, -0.1) is 11.3 Å². The van der Waals surface area contributed by atoms with Gasteiger partial charge in [0.25, 0.3) is 0 Å². The van der Waals surface area contributed by atoms with Crippen LogP contribution in [0.1, 0.15) is 0 Å². The van der Waals surface area contributed by atoms with E-state index in [0.717, 1.165) is 61.1 Å². The highest BCUT2D eigenvalue weighted by Gasteiger charge is 2.19. The Labute approximate surface area is 267 Å². The fourth-order valence-corrected chi connectivity index (χ4v) is 7.94. The second-order valence-electron chi connectivity index (χ2n) is 11.6. The van der Waals surface area contributed by atoms with Crippen molar-refractivity contribution in [3.8, 4) is 11.5 Å². The van der Waals surface area contributed by atoms with Crippen molar-refractivity contribution in [2.45, 2.75) is 0 Å². The Morgan fingerprint density at radius 3 is 2.20 bits per heavy atom. The lowest BCUT2D eigenvalue weighted by Gasteiger charge is -2.25. The second kappa shape index (κ2) is 9.80. The molecule has 3 aromatic heterocycles. The van der Waals surface area contributed by atoms with Crippen LogP contribution in [-0.4, -0.2) is 4.98 Å². The third-order valence-corrected chi connectivity index (χ3v) is 10.0. The Balaban J connectivity index is 1.15. The highest BCUT2D eigenvalue weighted by atomic mass is 32.1. The topological polar surface area (TPSA) is 42.4 Å². The SMILES string of the molecule is c1ccc(N(c2ccc3c(c2)oc2c4ccccc4ccc32)c2ccc3c(c2)sc2cccc(-c4nc5ccccc5o4)c23)cc1. The normalized spacial score (nSPS) is 11.9. The summed E-state index contributed by atoms with van der Waals surface area (Å²) >= 11 is 1.79. The number of thiophene rings is 1. The average Bonchev–Trinajstić information content (AvgIpc) is 3.81. The van der Waals surface area contributed by atoms with Crippen LogP contribution in [0.3, 0.4) is 0 Å². The molecule has 0 fully saturated rings. The first-order valence-electron chi connectivity index (χ1n) is 15.3. The van der Waals surface area contributed by atoms with E-state index in [1.54, 1.807) is 11.3 Å². The lowest BCUT2D eigenvalue weighted by Crippen LogP contribution is -2.09. The van der Waals surface area contributed by atoms with Crippen LogP contribution in [0.15, 0.2) is 154 Å². The van der Waals surface area contributed by atoms with Crippen molar-refractivity contribution in [3.63, 3.8) is 0 Å². The van der Waals surface area contributed by atoms with E-state index in [2.05, 4.69) is 126 Å². The third kappa shape index (κ3) is 3.82. The summed E-state index contributed by atoms with van der Waals surface area (Å²) in [6.07, 6.45) is 0. The molecule has 0 amide bonds. The van der Waals surface area contributed by atoms with E-state index < -0.39 is 0 Å². The minimum absolute atomic E-state index is 0.647. The first kappa shape index (κ1) is 25.4. The highest BCUT2D eigenvalue weighted by molar-refractivity contribution is 7.26. The lowest BCUT2D eigenvalue weighted by molar-refractivity contribution is 0.620. The number of oxazole rings is 1. The van der Waals surface area contributed by atoms with Gasteiger partial charge in [0.15, 0.2) is 5.58 Å². The van der Waals surface area contributed by atoms with Gasteiger partial charge in [-0.1, -0.05) is 72.8 Å². The molecule has 0 bridgehead atoms. The van der Waals surface area contributed by atoms with Gasteiger partial charge < -0.3 is 13.7 Å². The standard InChI is InChI=1S/C41H24N2O2S/c1-2-10-26(11-3-1)43(27-18-21-30-31-20-17-25-9-4-5-12-29(25)40(31)44-36(30)23-27)28-19-22-32-38(24-28)46-37-16-8-13-33(39(32)37)41-42-34-14-6-7-15-35(34)45-41/h1-24H. The average molecular weight is 609 g/mol. The number of para-hydroxylation sites is 3. The number of anilines is 3. The van der Waals surface area contributed by atoms with E-state index in [9.17, 15) is 0 Å². The Morgan fingerprint density at radius 1 is 0.500 bits per heavy atom. The number of benzene rings is 7. The van der Waals surface area contributed by atoms with Crippen LogP contribution < -0.4 is 4.90 Å². The summed E-state index contributed by atoms with van der Waals surface area (Å²) < 4.78 is 15.2. The van der Waals surface area contributed by atoms with Crippen molar-refractivity contribution in [2.24, 2.45) is 0 Å². The van der Waals surface area contributed by atoms with Crippen molar-refractivity contribution in [1.82, 2.24) is 4.98 Å². The molecule has 10 rings (SSSR count). The predicted molar refractivity (Wildman–Crippen MR) is 192 cm³/mol. The van der Waals surface area contributed by atoms with E-state index in [1.807, 2.05) is 24.3 Å². The van der Waals surface area contributed by atoms with Gasteiger partial charge in [-0.3, -0.25) is 0 Å². The summed E-state index contributed by atoms with van der Waals surface area (Å²) in [6.45, 7) is 0. The highest BCUT2D eigenvalue weighted by Crippen LogP contribution is 2.45. The molecule has 3 heterocycles. The Bertz CT molecular complexity index is 2740. The van der Waals surface area contributed by atoms with Gasteiger partial charge in [0.05, 0.1) is 0 Å². The van der Waals surface area contributed by atoms with Crippen molar-refractivity contribution in [2.75, 3.05) is 4.90 Å². The maximum atomic E-state index is 6.58. The van der Waals surface area contributed by atoms with Crippen molar-refractivity contribution < 1.29 is 8.83 Å².